The summed E-state index contributed by atoms with van der Waals surface area (Å²) in [7, 11) is 0. The van der Waals surface area contributed by atoms with Crippen LogP contribution in [0.3, 0.4) is 0 Å². The van der Waals surface area contributed by atoms with Gasteiger partial charge >= 0.3 is 203 Å². The van der Waals surface area contributed by atoms with E-state index in [2.05, 4.69) is 68.5 Å². The molecule has 178 valence electrons. The van der Waals surface area contributed by atoms with Crippen molar-refractivity contribution >= 4 is 5.43 Å². The molecular formula is C30H36Cl2SiZr. The summed E-state index contributed by atoms with van der Waals surface area (Å²) in [5.74, 6) is 0. The molecule has 6 rings (SSSR count). The number of aryl methyl sites for hydroxylation is 2. The van der Waals surface area contributed by atoms with Crippen molar-refractivity contribution in [3.63, 3.8) is 0 Å². The summed E-state index contributed by atoms with van der Waals surface area (Å²) < 4.78 is 2.73. The molecule has 0 nitrogen and oxygen atoms in total. The molecule has 0 unspecified atom stereocenters. The third-order valence-corrected chi connectivity index (χ3v) is 31.9. The molecule has 0 aliphatic heterocycles. The first-order valence-corrected chi connectivity index (χ1v) is 21.0. The quantitative estimate of drug-likeness (QED) is 0.484. The first-order chi connectivity index (χ1) is 15.7. The Morgan fingerprint density at radius 3 is 1.68 bits per heavy atom. The average molecular weight is 587 g/mol. The third-order valence-electron chi connectivity index (χ3n) is 8.63. The molecule has 0 radical (unpaired) electrons. The minimum Gasteiger partial charge on any atom is -1.00 e. The molecule has 0 heterocycles. The number of fused-ring (bicyclic) bond motifs is 3. The fourth-order valence-corrected chi connectivity index (χ4v) is 35.5. The first-order valence-electron chi connectivity index (χ1n) is 13.0. The Morgan fingerprint density at radius 1 is 0.735 bits per heavy atom. The topological polar surface area (TPSA) is 0 Å². The standard InChI is InChI=1S/C15H13.C10H18Si.C5H5.2ClH.Zr/c1-10-3-5-14-12(7-10)9-13-8-11(2)4-6-15(13)14;1-2-6-9(5-1)11-10-7-3-4-8-10;1-2-4-5-3-1;;;/h3-9H,1-2H3;9-10H,1-8H2;1-3H,4H2;2*1H;/q;;;;;+2/p-2. The van der Waals surface area contributed by atoms with Crippen molar-refractivity contribution in [2.24, 2.45) is 0 Å². The molecule has 4 aliphatic carbocycles. The number of hydrogen-bond acceptors (Lipinski definition) is 0. The van der Waals surface area contributed by atoms with Gasteiger partial charge in [-0.1, -0.05) is 0 Å². The number of hydrogen-bond donors (Lipinski definition) is 0. The van der Waals surface area contributed by atoms with E-state index in [1.807, 2.05) is 3.28 Å². The molecule has 2 saturated carbocycles. The van der Waals surface area contributed by atoms with Crippen LogP contribution in [0, 0.1) is 13.8 Å². The number of rotatable bonds is 4. The van der Waals surface area contributed by atoms with E-state index in [9.17, 15) is 0 Å². The Hall–Kier alpha value is -0.400. The molecule has 0 N–H and O–H groups in total. The van der Waals surface area contributed by atoms with Crippen LogP contribution in [-0.4, -0.2) is 5.43 Å². The van der Waals surface area contributed by atoms with Crippen molar-refractivity contribution in [1.82, 2.24) is 0 Å². The predicted molar refractivity (Wildman–Crippen MR) is 135 cm³/mol. The van der Waals surface area contributed by atoms with Crippen molar-refractivity contribution in [1.29, 1.82) is 0 Å². The van der Waals surface area contributed by atoms with Crippen LogP contribution in [0.2, 0.25) is 11.1 Å². The molecule has 0 aromatic heterocycles. The summed E-state index contributed by atoms with van der Waals surface area (Å²) in [4.78, 5) is 0. The van der Waals surface area contributed by atoms with Crippen LogP contribution in [0.25, 0.3) is 11.1 Å². The largest absolute Gasteiger partial charge is 1.00 e. The van der Waals surface area contributed by atoms with Gasteiger partial charge in [0.25, 0.3) is 0 Å². The summed E-state index contributed by atoms with van der Waals surface area (Å²) in [5, 5.41) is 0. The van der Waals surface area contributed by atoms with Gasteiger partial charge in [-0.25, -0.2) is 0 Å². The predicted octanol–water partition coefficient (Wildman–Crippen LogP) is 2.72. The van der Waals surface area contributed by atoms with E-state index in [1.54, 1.807) is 47.9 Å². The van der Waals surface area contributed by atoms with E-state index in [1.165, 1.54) is 43.2 Å². The summed E-state index contributed by atoms with van der Waals surface area (Å²) in [6.45, 7) is 4.62. The maximum atomic E-state index is 2.62. The van der Waals surface area contributed by atoms with Gasteiger partial charge in [0.15, 0.2) is 0 Å². The van der Waals surface area contributed by atoms with Crippen LogP contribution >= 0.6 is 0 Å². The van der Waals surface area contributed by atoms with Gasteiger partial charge in [0, 0.05) is 0 Å². The normalized spacial score (nSPS) is 19.1. The fourth-order valence-electron chi connectivity index (χ4n) is 7.24. The Labute approximate surface area is 226 Å². The summed E-state index contributed by atoms with van der Waals surface area (Å²) >= 11 is -1.98. The minimum absolute atomic E-state index is 0. The van der Waals surface area contributed by atoms with Gasteiger partial charge in [0.05, 0.1) is 0 Å². The molecule has 34 heavy (non-hydrogen) atoms. The van der Waals surface area contributed by atoms with Gasteiger partial charge in [-0.3, -0.25) is 0 Å². The zero-order valence-electron chi connectivity index (χ0n) is 20.5. The van der Waals surface area contributed by atoms with E-state index >= 15 is 0 Å². The Bertz CT molecular complexity index is 1080. The van der Waals surface area contributed by atoms with Gasteiger partial charge in [-0.2, -0.15) is 0 Å². The third kappa shape index (κ3) is 4.79. The Balaban J connectivity index is 0.00000137. The number of halogens is 2. The fraction of sp³-hybridized carbons (Fsp3) is 0.467. The van der Waals surface area contributed by atoms with Crippen LogP contribution in [0.1, 0.15) is 83.7 Å². The van der Waals surface area contributed by atoms with Crippen LogP contribution in [0.15, 0.2) is 57.9 Å². The smallest absolute Gasteiger partial charge is 1.00 e. The second-order valence-electron chi connectivity index (χ2n) is 10.8. The maximum absolute atomic E-state index is 2.62. The van der Waals surface area contributed by atoms with Gasteiger partial charge in [-0.05, 0) is 0 Å². The van der Waals surface area contributed by atoms with Crippen molar-refractivity contribution in [2.75, 3.05) is 0 Å². The van der Waals surface area contributed by atoms with E-state index in [4.69, 9.17) is 0 Å². The molecule has 2 aromatic carbocycles. The molecule has 0 atom stereocenters. The second-order valence-corrected chi connectivity index (χ2v) is 25.8. The maximum Gasteiger partial charge on any atom is -1.00 e. The first kappa shape index (κ1) is 26.7. The Morgan fingerprint density at radius 2 is 1.24 bits per heavy atom. The van der Waals surface area contributed by atoms with E-state index in [0.717, 1.165) is 14.7 Å². The van der Waals surface area contributed by atoms with Crippen molar-refractivity contribution in [2.45, 2.75) is 86.3 Å². The van der Waals surface area contributed by atoms with Gasteiger partial charge in [0.2, 0.25) is 0 Å². The molecule has 0 spiro atoms. The van der Waals surface area contributed by atoms with E-state index in [-0.39, 0.29) is 30.2 Å². The Kier molecular flexibility index (Phi) is 8.88. The molecule has 4 aliphatic rings. The zero-order valence-corrected chi connectivity index (χ0v) is 25.5. The monoisotopic (exact) mass is 584 g/mol. The molecule has 4 heteroatoms. The molecular weight excluding hydrogens is 551 g/mol. The molecule has 2 aromatic rings. The zero-order chi connectivity index (χ0) is 21.7. The number of benzene rings is 2. The molecule has 2 fully saturated rings. The van der Waals surface area contributed by atoms with Crippen molar-refractivity contribution in [3.8, 4) is 11.1 Å². The molecule has 0 bridgehead atoms. The summed E-state index contributed by atoms with van der Waals surface area (Å²) in [6.07, 6.45) is 21.0. The summed E-state index contributed by atoms with van der Waals surface area (Å²) in [6, 6.07) is 14.8. The van der Waals surface area contributed by atoms with E-state index in [0.29, 0.717) is 0 Å². The summed E-state index contributed by atoms with van der Waals surface area (Å²) in [5.41, 5.74) is 11.4. The van der Waals surface area contributed by atoms with Crippen molar-refractivity contribution in [3.05, 3.63) is 80.2 Å². The van der Waals surface area contributed by atoms with Gasteiger partial charge in [-0.15, -0.1) is 0 Å². The van der Waals surface area contributed by atoms with Crippen LogP contribution < -0.4 is 24.8 Å². The average Bonchev–Trinajstić information content (AvgIpc) is 3.59. The number of allylic oxidation sites excluding steroid dienone is 4. The van der Waals surface area contributed by atoms with Crippen molar-refractivity contribution < 1.29 is 45.2 Å². The van der Waals surface area contributed by atoms with Crippen LogP contribution in [0.4, 0.5) is 0 Å². The van der Waals surface area contributed by atoms with E-state index < -0.39 is 20.4 Å². The molecule has 0 amide bonds. The molecule has 0 saturated heterocycles. The van der Waals surface area contributed by atoms with Gasteiger partial charge < -0.3 is 24.8 Å². The van der Waals surface area contributed by atoms with Gasteiger partial charge in [0.1, 0.15) is 0 Å². The minimum atomic E-state index is -1.98. The SMILES string of the molecule is Cc1ccc2c(c1)[CH]([Zr+2]([C]1=CC=CC1)=[Si](C1CCCC1)C1CCCC1)c1cc(C)ccc1-2.[Cl-].[Cl-]. The van der Waals surface area contributed by atoms with Crippen LogP contribution in [0.5, 0.6) is 0 Å². The van der Waals surface area contributed by atoms with Crippen LogP contribution in [-0.2, 0) is 20.4 Å². The second kappa shape index (κ2) is 11.3.